The number of hydrogen-bond acceptors (Lipinski definition) is 3. The lowest BCUT2D eigenvalue weighted by Crippen LogP contribution is -2.15. The smallest absolute Gasteiger partial charge is 0.416 e. The summed E-state index contributed by atoms with van der Waals surface area (Å²) in [6.45, 7) is 2.00. The fourth-order valence-corrected chi connectivity index (χ4v) is 4.95. The molecule has 0 spiro atoms. The molecule has 0 saturated carbocycles. The summed E-state index contributed by atoms with van der Waals surface area (Å²) < 4.78 is 73.8. The maximum atomic E-state index is 13.3. The first-order chi connectivity index (χ1) is 15.0. The topological polar surface area (TPSA) is 55.4 Å². The molecule has 0 radical (unpaired) electrons. The number of benzene rings is 3. The van der Waals surface area contributed by atoms with Crippen molar-refractivity contribution in [2.24, 2.45) is 0 Å². The highest BCUT2D eigenvalue weighted by Crippen LogP contribution is 2.40. The Morgan fingerprint density at radius 2 is 1.59 bits per heavy atom. The van der Waals surface area contributed by atoms with Gasteiger partial charge in [-0.25, -0.2) is 8.42 Å². The summed E-state index contributed by atoms with van der Waals surface area (Å²) in [5.74, 6) is 0.489. The van der Waals surface area contributed by atoms with Crippen molar-refractivity contribution in [2.45, 2.75) is 37.3 Å². The molecule has 0 saturated heterocycles. The van der Waals surface area contributed by atoms with Crippen molar-refractivity contribution >= 4 is 27.3 Å². The van der Waals surface area contributed by atoms with E-state index in [4.69, 9.17) is 16.3 Å². The van der Waals surface area contributed by atoms with Gasteiger partial charge in [0.25, 0.3) is 10.0 Å². The molecule has 32 heavy (non-hydrogen) atoms. The summed E-state index contributed by atoms with van der Waals surface area (Å²) >= 11 is 5.81. The second-order valence-electron chi connectivity index (χ2n) is 7.56. The van der Waals surface area contributed by atoms with Crippen molar-refractivity contribution in [3.8, 4) is 11.5 Å². The second kappa shape index (κ2) is 8.33. The van der Waals surface area contributed by atoms with Crippen molar-refractivity contribution in [3.05, 3.63) is 81.9 Å². The fourth-order valence-electron chi connectivity index (χ4n) is 3.76. The van der Waals surface area contributed by atoms with E-state index in [0.717, 1.165) is 54.2 Å². The Kier molecular flexibility index (Phi) is 5.85. The van der Waals surface area contributed by atoms with Crippen LogP contribution in [0.3, 0.4) is 0 Å². The second-order valence-corrected chi connectivity index (χ2v) is 9.68. The van der Waals surface area contributed by atoms with Crippen molar-refractivity contribution in [1.82, 2.24) is 0 Å². The molecule has 1 aliphatic carbocycles. The number of nitrogens with one attached hydrogen (secondary N) is 1. The summed E-state index contributed by atoms with van der Waals surface area (Å²) in [4.78, 5) is -0.138. The molecule has 0 aromatic heterocycles. The molecule has 0 atom stereocenters. The van der Waals surface area contributed by atoms with Gasteiger partial charge < -0.3 is 4.74 Å². The van der Waals surface area contributed by atoms with E-state index in [1.807, 2.05) is 13.0 Å². The summed E-state index contributed by atoms with van der Waals surface area (Å²) in [7, 11) is -4.18. The van der Waals surface area contributed by atoms with E-state index >= 15 is 0 Å². The predicted molar refractivity (Wildman–Crippen MR) is 117 cm³/mol. The monoisotopic (exact) mass is 481 g/mol. The summed E-state index contributed by atoms with van der Waals surface area (Å²) in [5, 5.41) is 0.334. The van der Waals surface area contributed by atoms with Gasteiger partial charge in [-0.1, -0.05) is 17.7 Å². The van der Waals surface area contributed by atoms with Gasteiger partial charge in [-0.2, -0.15) is 13.2 Å². The van der Waals surface area contributed by atoms with Gasteiger partial charge in [-0.15, -0.1) is 0 Å². The van der Waals surface area contributed by atoms with E-state index in [-0.39, 0.29) is 16.3 Å². The van der Waals surface area contributed by atoms with Gasteiger partial charge in [-0.05, 0) is 91.4 Å². The number of ether oxygens (including phenoxy) is 1. The van der Waals surface area contributed by atoms with Gasteiger partial charge in [0.05, 0.1) is 16.1 Å². The van der Waals surface area contributed by atoms with E-state index in [2.05, 4.69) is 4.72 Å². The van der Waals surface area contributed by atoms with Gasteiger partial charge in [0, 0.05) is 5.02 Å². The third kappa shape index (κ3) is 4.56. The maximum absolute atomic E-state index is 13.3. The Morgan fingerprint density at radius 3 is 2.28 bits per heavy atom. The largest absolute Gasteiger partial charge is 0.455 e. The molecule has 0 bridgehead atoms. The zero-order chi connectivity index (χ0) is 23.1. The number of sulfonamides is 1. The number of hydrogen-bond donors (Lipinski definition) is 1. The Labute approximate surface area is 189 Å². The van der Waals surface area contributed by atoms with E-state index in [1.165, 1.54) is 24.3 Å². The van der Waals surface area contributed by atoms with Crippen LogP contribution >= 0.6 is 11.6 Å². The molecule has 3 aromatic carbocycles. The molecule has 1 N–H and O–H groups in total. The van der Waals surface area contributed by atoms with Crippen LogP contribution in [-0.4, -0.2) is 8.42 Å². The molecule has 4 rings (SSSR count). The first kappa shape index (κ1) is 22.5. The average molecular weight is 482 g/mol. The Hall–Kier alpha value is -2.71. The molecule has 9 heteroatoms. The van der Waals surface area contributed by atoms with Crippen LogP contribution in [0, 0.1) is 6.92 Å². The fraction of sp³-hybridized carbons (Fsp3) is 0.217. The minimum Gasteiger partial charge on any atom is -0.455 e. The first-order valence-electron chi connectivity index (χ1n) is 9.83. The number of rotatable bonds is 5. The Balaban J connectivity index is 1.75. The molecule has 0 unspecified atom stereocenters. The maximum Gasteiger partial charge on any atom is 0.416 e. The third-order valence-electron chi connectivity index (χ3n) is 5.37. The molecule has 168 valence electrons. The van der Waals surface area contributed by atoms with Crippen molar-refractivity contribution in [2.75, 3.05) is 4.72 Å². The number of halogens is 4. The zero-order valence-corrected chi connectivity index (χ0v) is 18.5. The van der Waals surface area contributed by atoms with E-state index < -0.39 is 21.8 Å². The normalized spacial score (nSPS) is 13.7. The highest BCUT2D eigenvalue weighted by atomic mass is 35.5. The zero-order valence-electron chi connectivity index (χ0n) is 17.0. The van der Waals surface area contributed by atoms with Crippen LogP contribution in [0.5, 0.6) is 11.5 Å². The third-order valence-corrected chi connectivity index (χ3v) is 7.00. The van der Waals surface area contributed by atoms with Crippen molar-refractivity contribution in [1.29, 1.82) is 0 Å². The Morgan fingerprint density at radius 1 is 0.938 bits per heavy atom. The molecule has 0 heterocycles. The highest BCUT2D eigenvalue weighted by Gasteiger charge is 2.32. The molecule has 3 aromatic rings. The Bertz CT molecular complexity index is 1270. The van der Waals surface area contributed by atoms with E-state index in [0.29, 0.717) is 10.8 Å². The number of alkyl halides is 3. The van der Waals surface area contributed by atoms with Crippen LogP contribution in [0.4, 0.5) is 18.9 Å². The molecule has 0 fully saturated rings. The van der Waals surface area contributed by atoms with Gasteiger partial charge in [0.1, 0.15) is 5.75 Å². The lowest BCUT2D eigenvalue weighted by atomic mass is 10.0. The molecular formula is C23H19ClF3NO3S. The van der Waals surface area contributed by atoms with Crippen LogP contribution in [0.25, 0.3) is 0 Å². The standard InChI is InChI=1S/C23H19ClF3NO3S/c1-14-5-11-21(19-4-2-3-18(14)19)31-22-12-6-15(23(25,26)27)13-20(22)28-32(29,30)17-9-7-16(24)8-10-17/h5-13,28H,2-4H2,1H3. The van der Waals surface area contributed by atoms with Crippen LogP contribution < -0.4 is 9.46 Å². The van der Waals surface area contributed by atoms with Crippen molar-refractivity contribution < 1.29 is 26.3 Å². The lowest BCUT2D eigenvalue weighted by molar-refractivity contribution is -0.137. The van der Waals surface area contributed by atoms with Crippen LogP contribution in [0.2, 0.25) is 5.02 Å². The van der Waals surface area contributed by atoms with Crippen LogP contribution in [0.1, 0.15) is 28.7 Å². The molecule has 0 amide bonds. The summed E-state index contributed by atoms with van der Waals surface area (Å²) in [6.07, 6.45) is -2.00. The van der Waals surface area contributed by atoms with Crippen molar-refractivity contribution in [3.63, 3.8) is 0 Å². The molecular weight excluding hydrogens is 463 g/mol. The quantitative estimate of drug-likeness (QED) is 0.438. The predicted octanol–water partition coefficient (Wildman–Crippen LogP) is 6.75. The minimum atomic E-state index is -4.65. The summed E-state index contributed by atoms with van der Waals surface area (Å²) in [5.41, 5.74) is 1.99. The molecule has 1 aliphatic rings. The lowest BCUT2D eigenvalue weighted by Gasteiger charge is -2.18. The van der Waals surface area contributed by atoms with Crippen LogP contribution in [0.15, 0.2) is 59.5 Å². The molecule has 4 nitrogen and oxygen atoms in total. The SMILES string of the molecule is Cc1ccc(Oc2ccc(C(F)(F)F)cc2NS(=O)(=O)c2ccc(Cl)cc2)c2c1CCC2. The van der Waals surface area contributed by atoms with Gasteiger partial charge in [0.15, 0.2) is 5.75 Å². The van der Waals surface area contributed by atoms with Gasteiger partial charge in [0.2, 0.25) is 0 Å². The van der Waals surface area contributed by atoms with Gasteiger partial charge >= 0.3 is 6.18 Å². The number of anilines is 1. The molecule has 0 aliphatic heterocycles. The minimum absolute atomic E-state index is 0.0199. The van der Waals surface area contributed by atoms with E-state index in [1.54, 1.807) is 6.07 Å². The van der Waals surface area contributed by atoms with Gasteiger partial charge in [-0.3, -0.25) is 4.72 Å². The first-order valence-corrected chi connectivity index (χ1v) is 11.7. The summed E-state index contributed by atoms with van der Waals surface area (Å²) in [6, 6.07) is 11.7. The number of fused-ring (bicyclic) bond motifs is 1. The number of aryl methyl sites for hydroxylation is 1. The van der Waals surface area contributed by atoms with E-state index in [9.17, 15) is 21.6 Å². The average Bonchev–Trinajstić information content (AvgIpc) is 3.22. The van der Waals surface area contributed by atoms with Crippen LogP contribution in [-0.2, 0) is 29.0 Å². The highest BCUT2D eigenvalue weighted by molar-refractivity contribution is 7.92.